The Morgan fingerprint density at radius 3 is 2.43 bits per heavy atom. The minimum absolute atomic E-state index is 0.0931. The molecule has 124 valence electrons. The van der Waals surface area contributed by atoms with E-state index in [1.54, 1.807) is 0 Å². The smallest absolute Gasteiger partial charge is 0.225 e. The van der Waals surface area contributed by atoms with Crippen LogP contribution in [0.15, 0.2) is 43.0 Å². The van der Waals surface area contributed by atoms with Gasteiger partial charge in [-0.3, -0.25) is 9.59 Å². The lowest BCUT2D eigenvalue weighted by Crippen LogP contribution is -2.45. The SMILES string of the molecule is C=CC(C(N)=O)[C@H](Cc1ccccc1)C(=O)NC1CCCCC1. The van der Waals surface area contributed by atoms with E-state index in [-0.39, 0.29) is 11.9 Å². The van der Waals surface area contributed by atoms with Gasteiger partial charge in [0.2, 0.25) is 11.8 Å². The molecule has 23 heavy (non-hydrogen) atoms. The Bertz CT molecular complexity index is 536. The van der Waals surface area contributed by atoms with Gasteiger partial charge in [0, 0.05) is 6.04 Å². The van der Waals surface area contributed by atoms with Crippen molar-refractivity contribution in [1.29, 1.82) is 0 Å². The van der Waals surface area contributed by atoms with Crippen molar-refractivity contribution in [2.24, 2.45) is 17.6 Å². The Morgan fingerprint density at radius 1 is 1.22 bits per heavy atom. The summed E-state index contributed by atoms with van der Waals surface area (Å²) in [4.78, 5) is 24.5. The van der Waals surface area contributed by atoms with E-state index in [0.717, 1.165) is 31.2 Å². The van der Waals surface area contributed by atoms with Crippen LogP contribution >= 0.6 is 0 Å². The van der Waals surface area contributed by atoms with Gasteiger partial charge >= 0.3 is 0 Å². The van der Waals surface area contributed by atoms with Crippen molar-refractivity contribution in [1.82, 2.24) is 5.32 Å². The van der Waals surface area contributed by atoms with Crippen molar-refractivity contribution in [2.75, 3.05) is 0 Å². The molecule has 1 aromatic rings. The average molecular weight is 314 g/mol. The summed E-state index contributed by atoms with van der Waals surface area (Å²) < 4.78 is 0. The molecule has 0 bridgehead atoms. The van der Waals surface area contributed by atoms with Crippen LogP contribution in [0.25, 0.3) is 0 Å². The summed E-state index contributed by atoms with van der Waals surface area (Å²) in [7, 11) is 0. The van der Waals surface area contributed by atoms with Crippen LogP contribution in [-0.2, 0) is 16.0 Å². The number of carbonyl (C=O) groups is 2. The Labute approximate surface area is 138 Å². The first-order valence-electron chi connectivity index (χ1n) is 8.38. The van der Waals surface area contributed by atoms with E-state index in [9.17, 15) is 9.59 Å². The number of rotatable bonds is 7. The van der Waals surface area contributed by atoms with Gasteiger partial charge < -0.3 is 11.1 Å². The van der Waals surface area contributed by atoms with Crippen molar-refractivity contribution in [3.63, 3.8) is 0 Å². The zero-order valence-corrected chi connectivity index (χ0v) is 13.5. The molecule has 0 spiro atoms. The van der Waals surface area contributed by atoms with Crippen molar-refractivity contribution < 1.29 is 9.59 Å². The van der Waals surface area contributed by atoms with E-state index in [4.69, 9.17) is 5.73 Å². The van der Waals surface area contributed by atoms with Gasteiger partial charge in [0.15, 0.2) is 0 Å². The van der Waals surface area contributed by atoms with Crippen molar-refractivity contribution in [3.8, 4) is 0 Å². The number of amides is 2. The maximum Gasteiger partial charge on any atom is 0.225 e. The van der Waals surface area contributed by atoms with Gasteiger partial charge in [-0.1, -0.05) is 55.7 Å². The maximum absolute atomic E-state index is 12.8. The normalized spacial score (nSPS) is 17.9. The number of benzene rings is 1. The third kappa shape index (κ3) is 4.95. The minimum atomic E-state index is -0.654. The molecule has 1 unspecified atom stereocenters. The number of nitrogens with two attached hydrogens (primary N) is 1. The summed E-state index contributed by atoms with van der Waals surface area (Å²) in [5.41, 5.74) is 6.50. The van der Waals surface area contributed by atoms with Crippen molar-refractivity contribution in [2.45, 2.75) is 44.6 Å². The van der Waals surface area contributed by atoms with Crippen LogP contribution in [0.3, 0.4) is 0 Å². The molecule has 3 N–H and O–H groups in total. The summed E-state index contributed by atoms with van der Waals surface area (Å²) in [6.07, 6.45) is 7.54. The van der Waals surface area contributed by atoms with E-state index >= 15 is 0 Å². The predicted molar refractivity (Wildman–Crippen MR) is 91.5 cm³/mol. The molecule has 1 aromatic carbocycles. The second-order valence-electron chi connectivity index (χ2n) is 6.30. The number of hydrogen-bond donors (Lipinski definition) is 2. The van der Waals surface area contributed by atoms with E-state index in [0.29, 0.717) is 6.42 Å². The fourth-order valence-corrected chi connectivity index (χ4v) is 3.28. The van der Waals surface area contributed by atoms with Crippen LogP contribution in [0.1, 0.15) is 37.7 Å². The fraction of sp³-hybridized carbons (Fsp3) is 0.474. The first kappa shape index (κ1) is 17.3. The Hall–Kier alpha value is -2.10. The van der Waals surface area contributed by atoms with E-state index in [1.807, 2.05) is 30.3 Å². The van der Waals surface area contributed by atoms with E-state index < -0.39 is 17.7 Å². The van der Waals surface area contributed by atoms with E-state index in [1.165, 1.54) is 12.5 Å². The second-order valence-corrected chi connectivity index (χ2v) is 6.30. The maximum atomic E-state index is 12.8. The molecule has 0 saturated heterocycles. The summed E-state index contributed by atoms with van der Waals surface area (Å²) in [6, 6.07) is 9.92. The summed E-state index contributed by atoms with van der Waals surface area (Å²) in [5.74, 6) is -1.75. The van der Waals surface area contributed by atoms with Gasteiger partial charge in [0.05, 0.1) is 11.8 Å². The quantitative estimate of drug-likeness (QED) is 0.759. The standard InChI is InChI=1S/C19H26N2O2/c1-2-16(18(20)22)17(13-14-9-5-3-6-10-14)19(23)21-15-11-7-4-8-12-15/h2-3,5-6,9-10,15-17H,1,4,7-8,11-13H2,(H2,20,22)(H,21,23)/t16?,17-/m0/s1. The molecule has 2 rings (SSSR count). The molecule has 1 fully saturated rings. The first-order chi connectivity index (χ1) is 11.1. The molecule has 2 amide bonds. The number of hydrogen-bond acceptors (Lipinski definition) is 2. The van der Waals surface area contributed by atoms with Crippen LogP contribution in [0, 0.1) is 11.8 Å². The summed E-state index contributed by atoms with van der Waals surface area (Å²) >= 11 is 0. The van der Waals surface area contributed by atoms with Crippen LogP contribution in [0.2, 0.25) is 0 Å². The monoisotopic (exact) mass is 314 g/mol. The third-order valence-corrected chi connectivity index (χ3v) is 4.60. The second kappa shape index (κ2) is 8.51. The lowest BCUT2D eigenvalue weighted by Gasteiger charge is -2.27. The predicted octanol–water partition coefficient (Wildman–Crippen LogP) is 2.58. The van der Waals surface area contributed by atoms with Crippen molar-refractivity contribution >= 4 is 11.8 Å². The molecule has 0 heterocycles. The van der Waals surface area contributed by atoms with Crippen molar-refractivity contribution in [3.05, 3.63) is 48.6 Å². The Kier molecular flexibility index (Phi) is 6.39. The molecule has 0 radical (unpaired) electrons. The molecule has 1 aliphatic rings. The molecule has 0 aromatic heterocycles. The fourth-order valence-electron chi connectivity index (χ4n) is 3.28. The topological polar surface area (TPSA) is 72.2 Å². The zero-order chi connectivity index (χ0) is 16.7. The summed E-state index contributed by atoms with van der Waals surface area (Å²) in [6.45, 7) is 3.69. The number of carbonyl (C=O) groups excluding carboxylic acids is 2. The minimum Gasteiger partial charge on any atom is -0.369 e. The van der Waals surface area contributed by atoms with Crippen LogP contribution in [0.4, 0.5) is 0 Å². The molecule has 1 aliphatic carbocycles. The highest BCUT2D eigenvalue weighted by molar-refractivity contribution is 5.88. The largest absolute Gasteiger partial charge is 0.369 e. The highest BCUT2D eigenvalue weighted by Gasteiger charge is 2.31. The molecular formula is C19H26N2O2. The summed E-state index contributed by atoms with van der Waals surface area (Å²) in [5, 5.41) is 3.11. The highest BCUT2D eigenvalue weighted by atomic mass is 16.2. The van der Waals surface area contributed by atoms with Crippen LogP contribution in [-0.4, -0.2) is 17.9 Å². The molecule has 4 heteroatoms. The van der Waals surface area contributed by atoms with Gasteiger partial charge in [-0.05, 0) is 24.8 Å². The third-order valence-electron chi connectivity index (χ3n) is 4.60. The van der Waals surface area contributed by atoms with Gasteiger partial charge in [0.25, 0.3) is 0 Å². The van der Waals surface area contributed by atoms with Gasteiger partial charge in [-0.2, -0.15) is 0 Å². The molecule has 4 nitrogen and oxygen atoms in total. The average Bonchev–Trinajstić information content (AvgIpc) is 2.56. The van der Waals surface area contributed by atoms with Gasteiger partial charge in [-0.25, -0.2) is 0 Å². The first-order valence-corrected chi connectivity index (χ1v) is 8.38. The molecular weight excluding hydrogens is 288 g/mol. The molecule has 1 saturated carbocycles. The van der Waals surface area contributed by atoms with E-state index in [2.05, 4.69) is 11.9 Å². The van der Waals surface area contributed by atoms with Gasteiger partial charge in [0.1, 0.15) is 0 Å². The molecule has 0 aliphatic heterocycles. The molecule has 2 atom stereocenters. The lowest BCUT2D eigenvalue weighted by atomic mass is 9.84. The lowest BCUT2D eigenvalue weighted by molar-refractivity contribution is -0.132. The highest BCUT2D eigenvalue weighted by Crippen LogP contribution is 2.22. The van der Waals surface area contributed by atoms with Crippen LogP contribution in [0.5, 0.6) is 0 Å². The zero-order valence-electron chi connectivity index (χ0n) is 13.5. The number of nitrogens with one attached hydrogen (secondary N) is 1. The van der Waals surface area contributed by atoms with Crippen LogP contribution < -0.4 is 11.1 Å². The Morgan fingerprint density at radius 2 is 1.87 bits per heavy atom. The Balaban J connectivity index is 2.12. The number of primary amides is 1. The van der Waals surface area contributed by atoms with Gasteiger partial charge in [-0.15, -0.1) is 6.58 Å².